The number of benzene rings is 2. The first-order valence-electron chi connectivity index (χ1n) is 5.69. The van der Waals surface area contributed by atoms with E-state index in [1.165, 1.54) is 6.07 Å². The Kier molecular flexibility index (Phi) is 3.83. The van der Waals surface area contributed by atoms with E-state index < -0.39 is 6.10 Å². The summed E-state index contributed by atoms with van der Waals surface area (Å²) in [5.41, 5.74) is 3.52. The number of aliphatic hydroxyl groups excluding tert-OH is 1. The second-order valence-corrected chi connectivity index (χ2v) is 5.29. The molecule has 0 spiro atoms. The standard InChI is InChI=1S/C15H14BrFO/c1-9-3-5-12(10(2)7-9)15(18)11-4-6-13(16)14(17)8-11/h3-8,15,18H,1-2H3. The van der Waals surface area contributed by atoms with Gasteiger partial charge in [-0.05, 0) is 58.6 Å². The normalized spacial score (nSPS) is 12.5. The molecule has 0 radical (unpaired) electrons. The van der Waals surface area contributed by atoms with E-state index in [2.05, 4.69) is 15.9 Å². The molecular formula is C15H14BrFO. The minimum absolute atomic E-state index is 0.365. The van der Waals surface area contributed by atoms with Crippen LogP contribution in [0.5, 0.6) is 0 Å². The first kappa shape index (κ1) is 13.2. The van der Waals surface area contributed by atoms with Gasteiger partial charge < -0.3 is 5.11 Å². The predicted molar refractivity (Wildman–Crippen MR) is 74.1 cm³/mol. The highest BCUT2D eigenvalue weighted by atomic mass is 79.9. The van der Waals surface area contributed by atoms with Gasteiger partial charge in [0.1, 0.15) is 11.9 Å². The first-order valence-corrected chi connectivity index (χ1v) is 6.48. The van der Waals surface area contributed by atoms with Crippen molar-refractivity contribution < 1.29 is 9.50 Å². The molecule has 0 fully saturated rings. The maximum atomic E-state index is 13.5. The van der Waals surface area contributed by atoms with Crippen molar-refractivity contribution in [3.8, 4) is 0 Å². The average molecular weight is 309 g/mol. The number of hydrogen-bond donors (Lipinski definition) is 1. The molecule has 94 valence electrons. The van der Waals surface area contributed by atoms with E-state index in [1.54, 1.807) is 12.1 Å². The molecule has 1 unspecified atom stereocenters. The summed E-state index contributed by atoms with van der Waals surface area (Å²) in [6, 6.07) is 10.5. The van der Waals surface area contributed by atoms with Gasteiger partial charge in [-0.2, -0.15) is 0 Å². The quantitative estimate of drug-likeness (QED) is 0.877. The Labute approximate surface area is 114 Å². The maximum Gasteiger partial charge on any atom is 0.137 e. The van der Waals surface area contributed by atoms with E-state index >= 15 is 0 Å². The largest absolute Gasteiger partial charge is 0.384 e. The second-order valence-electron chi connectivity index (χ2n) is 4.44. The molecule has 2 aromatic rings. The van der Waals surface area contributed by atoms with Gasteiger partial charge in [0, 0.05) is 0 Å². The lowest BCUT2D eigenvalue weighted by Gasteiger charge is -2.15. The van der Waals surface area contributed by atoms with Crippen LogP contribution in [0, 0.1) is 19.7 Å². The molecule has 2 rings (SSSR count). The van der Waals surface area contributed by atoms with Gasteiger partial charge in [0.25, 0.3) is 0 Å². The Balaban J connectivity index is 2.41. The van der Waals surface area contributed by atoms with Gasteiger partial charge >= 0.3 is 0 Å². The van der Waals surface area contributed by atoms with Crippen LogP contribution in [0.1, 0.15) is 28.4 Å². The Morgan fingerprint density at radius 1 is 1.11 bits per heavy atom. The highest BCUT2D eigenvalue weighted by Crippen LogP contribution is 2.27. The van der Waals surface area contributed by atoms with Gasteiger partial charge in [0.05, 0.1) is 4.47 Å². The van der Waals surface area contributed by atoms with E-state index in [0.717, 1.165) is 16.7 Å². The van der Waals surface area contributed by atoms with Crippen LogP contribution in [-0.2, 0) is 0 Å². The number of hydrogen-bond acceptors (Lipinski definition) is 1. The smallest absolute Gasteiger partial charge is 0.137 e. The maximum absolute atomic E-state index is 13.5. The molecule has 0 amide bonds. The molecule has 0 saturated carbocycles. The Morgan fingerprint density at radius 3 is 2.44 bits per heavy atom. The first-order chi connectivity index (χ1) is 8.49. The van der Waals surface area contributed by atoms with Crippen molar-refractivity contribution in [2.45, 2.75) is 20.0 Å². The zero-order valence-electron chi connectivity index (χ0n) is 10.2. The Hall–Kier alpha value is -1.19. The van der Waals surface area contributed by atoms with Crippen molar-refractivity contribution in [1.82, 2.24) is 0 Å². The third-order valence-corrected chi connectivity index (χ3v) is 3.62. The molecule has 0 saturated heterocycles. The minimum Gasteiger partial charge on any atom is -0.384 e. The lowest BCUT2D eigenvalue weighted by atomic mass is 9.96. The number of halogens is 2. The SMILES string of the molecule is Cc1ccc(C(O)c2ccc(Br)c(F)c2)c(C)c1. The van der Waals surface area contributed by atoms with Crippen LogP contribution in [0.15, 0.2) is 40.9 Å². The molecule has 1 N–H and O–H groups in total. The molecule has 1 atom stereocenters. The summed E-state index contributed by atoms with van der Waals surface area (Å²) in [5, 5.41) is 10.3. The van der Waals surface area contributed by atoms with Crippen molar-refractivity contribution in [2.24, 2.45) is 0 Å². The number of aryl methyl sites for hydroxylation is 2. The molecule has 18 heavy (non-hydrogen) atoms. The van der Waals surface area contributed by atoms with Gasteiger partial charge in [0.2, 0.25) is 0 Å². The minimum atomic E-state index is -0.798. The van der Waals surface area contributed by atoms with Gasteiger partial charge in [-0.25, -0.2) is 4.39 Å². The number of rotatable bonds is 2. The summed E-state index contributed by atoms with van der Waals surface area (Å²) >= 11 is 3.10. The molecule has 3 heteroatoms. The van der Waals surface area contributed by atoms with Crippen molar-refractivity contribution in [3.05, 3.63) is 68.9 Å². The Morgan fingerprint density at radius 2 is 1.83 bits per heavy atom. The topological polar surface area (TPSA) is 20.2 Å². The van der Waals surface area contributed by atoms with Crippen molar-refractivity contribution in [1.29, 1.82) is 0 Å². The van der Waals surface area contributed by atoms with Crippen LogP contribution in [0.3, 0.4) is 0 Å². The van der Waals surface area contributed by atoms with Gasteiger partial charge in [-0.15, -0.1) is 0 Å². The van der Waals surface area contributed by atoms with Gasteiger partial charge in [-0.1, -0.05) is 29.8 Å². The Bertz CT molecular complexity index is 581. The highest BCUT2D eigenvalue weighted by Gasteiger charge is 2.14. The summed E-state index contributed by atoms with van der Waals surface area (Å²) < 4.78 is 13.9. The van der Waals surface area contributed by atoms with Crippen molar-refractivity contribution in [2.75, 3.05) is 0 Å². The molecule has 0 aliphatic heterocycles. The fourth-order valence-corrected chi connectivity index (χ4v) is 2.24. The van der Waals surface area contributed by atoms with E-state index in [1.807, 2.05) is 32.0 Å². The summed E-state index contributed by atoms with van der Waals surface area (Å²) in [7, 11) is 0. The molecule has 0 aliphatic carbocycles. The monoisotopic (exact) mass is 308 g/mol. The fraction of sp³-hybridized carbons (Fsp3) is 0.200. The van der Waals surface area contributed by atoms with Crippen molar-refractivity contribution in [3.63, 3.8) is 0 Å². The number of aliphatic hydroxyl groups is 1. The van der Waals surface area contributed by atoms with Gasteiger partial charge in [-0.3, -0.25) is 0 Å². The van der Waals surface area contributed by atoms with E-state index in [4.69, 9.17) is 0 Å². The fourth-order valence-electron chi connectivity index (χ4n) is 1.99. The molecule has 0 bridgehead atoms. The van der Waals surface area contributed by atoms with Crippen LogP contribution in [0.2, 0.25) is 0 Å². The van der Waals surface area contributed by atoms with E-state index in [0.29, 0.717) is 10.0 Å². The molecule has 0 aliphatic rings. The summed E-state index contributed by atoms with van der Waals surface area (Å²) in [6.07, 6.45) is -0.798. The molecule has 0 heterocycles. The lowest BCUT2D eigenvalue weighted by molar-refractivity contribution is 0.219. The van der Waals surface area contributed by atoms with Crippen LogP contribution >= 0.6 is 15.9 Å². The van der Waals surface area contributed by atoms with Crippen LogP contribution in [0.4, 0.5) is 4.39 Å². The second kappa shape index (κ2) is 5.21. The van der Waals surface area contributed by atoms with Crippen LogP contribution < -0.4 is 0 Å². The molecule has 2 aromatic carbocycles. The van der Waals surface area contributed by atoms with Crippen molar-refractivity contribution >= 4 is 15.9 Å². The van der Waals surface area contributed by atoms with Gasteiger partial charge in [0.15, 0.2) is 0 Å². The zero-order valence-corrected chi connectivity index (χ0v) is 11.8. The highest BCUT2D eigenvalue weighted by molar-refractivity contribution is 9.10. The third kappa shape index (κ3) is 2.62. The molecule has 0 aromatic heterocycles. The lowest BCUT2D eigenvalue weighted by Crippen LogP contribution is -2.02. The van der Waals surface area contributed by atoms with E-state index in [9.17, 15) is 9.50 Å². The zero-order chi connectivity index (χ0) is 13.3. The summed E-state index contributed by atoms with van der Waals surface area (Å²) in [6.45, 7) is 3.95. The third-order valence-electron chi connectivity index (χ3n) is 2.98. The van der Waals surface area contributed by atoms with Crippen LogP contribution in [0.25, 0.3) is 0 Å². The molecule has 1 nitrogen and oxygen atoms in total. The molecular weight excluding hydrogens is 295 g/mol. The van der Waals surface area contributed by atoms with E-state index in [-0.39, 0.29) is 5.82 Å². The van der Waals surface area contributed by atoms with Crippen LogP contribution in [-0.4, -0.2) is 5.11 Å². The predicted octanol–water partition coefficient (Wildman–Crippen LogP) is 4.29. The summed E-state index contributed by atoms with van der Waals surface area (Å²) in [4.78, 5) is 0. The average Bonchev–Trinajstić information content (AvgIpc) is 2.32. The summed E-state index contributed by atoms with van der Waals surface area (Å²) in [5.74, 6) is -0.365.